The summed E-state index contributed by atoms with van der Waals surface area (Å²) in [4.78, 5) is 39.5. The Bertz CT molecular complexity index is 1120. The second-order valence-corrected chi connectivity index (χ2v) is 10.4. The zero-order valence-corrected chi connectivity index (χ0v) is 20.3. The van der Waals surface area contributed by atoms with Gasteiger partial charge in [-0.25, -0.2) is 9.59 Å². The lowest BCUT2D eigenvalue weighted by atomic mass is 9.48. The molecule has 2 fully saturated rings. The van der Waals surface area contributed by atoms with E-state index >= 15 is 0 Å². The highest BCUT2D eigenvalue weighted by atomic mass is 16.5. The van der Waals surface area contributed by atoms with Crippen molar-refractivity contribution in [1.29, 1.82) is 0 Å². The molecule has 0 bridgehead atoms. The lowest BCUT2D eigenvalue weighted by molar-refractivity contribution is -0.162. The van der Waals surface area contributed by atoms with Crippen molar-refractivity contribution in [3.05, 3.63) is 59.7 Å². The number of hydrogen-bond acceptors (Lipinski definition) is 4. The number of nitrogens with one attached hydrogen (secondary N) is 1. The Morgan fingerprint density at radius 3 is 2.11 bits per heavy atom. The second-order valence-electron chi connectivity index (χ2n) is 10.4. The molecule has 2 amide bonds. The third kappa shape index (κ3) is 3.87. The van der Waals surface area contributed by atoms with Gasteiger partial charge in [-0.3, -0.25) is 4.79 Å². The maximum atomic E-state index is 13.5. The summed E-state index contributed by atoms with van der Waals surface area (Å²) in [6.07, 6.45) is 3.92. The maximum absolute atomic E-state index is 13.5. The molecule has 0 aromatic heterocycles. The van der Waals surface area contributed by atoms with E-state index in [4.69, 9.17) is 4.74 Å². The number of hydrogen-bond donors (Lipinski definition) is 2. The van der Waals surface area contributed by atoms with E-state index in [0.29, 0.717) is 19.3 Å². The van der Waals surface area contributed by atoms with Gasteiger partial charge in [-0.2, -0.15) is 0 Å². The lowest BCUT2D eigenvalue weighted by Gasteiger charge is -2.60. The fraction of sp³-hybridized carbons (Fsp3) is 0.464. The predicted molar refractivity (Wildman–Crippen MR) is 131 cm³/mol. The minimum atomic E-state index is -1.11. The van der Waals surface area contributed by atoms with Crippen LogP contribution < -0.4 is 5.32 Å². The summed E-state index contributed by atoms with van der Waals surface area (Å²) in [6, 6.07) is 15.3. The molecule has 1 atom stereocenters. The van der Waals surface area contributed by atoms with E-state index in [1.54, 1.807) is 6.92 Å². The van der Waals surface area contributed by atoms with Crippen molar-refractivity contribution in [2.24, 2.45) is 5.41 Å². The zero-order valence-electron chi connectivity index (χ0n) is 20.3. The highest BCUT2D eigenvalue weighted by Crippen LogP contribution is 2.61. The Kier molecular flexibility index (Phi) is 5.82. The quantitative estimate of drug-likeness (QED) is 0.611. The SMILES string of the molecule is CCC(C(=O)O)N(C)C(=O)C1(NC(=O)OCC2c3ccccc3-c3ccccc32)CC2(CCC2)C1. The minimum Gasteiger partial charge on any atom is -0.480 e. The molecule has 0 heterocycles. The number of carboxylic acid groups (broad SMARTS) is 1. The van der Waals surface area contributed by atoms with Crippen LogP contribution in [0.15, 0.2) is 48.5 Å². The third-order valence-electron chi connectivity index (χ3n) is 8.32. The molecule has 7 nitrogen and oxygen atoms in total. The maximum Gasteiger partial charge on any atom is 0.408 e. The van der Waals surface area contributed by atoms with E-state index in [2.05, 4.69) is 29.6 Å². The Labute approximate surface area is 205 Å². The first-order valence-electron chi connectivity index (χ1n) is 12.4. The smallest absolute Gasteiger partial charge is 0.408 e. The number of nitrogens with zero attached hydrogens (tertiary/aromatic N) is 1. The van der Waals surface area contributed by atoms with Gasteiger partial charge in [-0.15, -0.1) is 0 Å². The molecular formula is C28H32N2O5. The van der Waals surface area contributed by atoms with Gasteiger partial charge in [-0.05, 0) is 59.8 Å². The van der Waals surface area contributed by atoms with Crippen molar-refractivity contribution in [3.8, 4) is 11.1 Å². The number of ether oxygens (including phenoxy) is 1. The normalized spacial score (nSPS) is 19.5. The summed E-state index contributed by atoms with van der Waals surface area (Å²) >= 11 is 0. The highest BCUT2D eigenvalue weighted by Gasteiger charge is 2.62. The summed E-state index contributed by atoms with van der Waals surface area (Å²) in [5, 5.41) is 12.4. The van der Waals surface area contributed by atoms with Crippen LogP contribution in [-0.2, 0) is 14.3 Å². The van der Waals surface area contributed by atoms with E-state index in [9.17, 15) is 19.5 Å². The molecule has 1 unspecified atom stereocenters. The topological polar surface area (TPSA) is 95.9 Å². The molecule has 3 aliphatic carbocycles. The van der Waals surface area contributed by atoms with E-state index in [1.807, 2.05) is 24.3 Å². The van der Waals surface area contributed by atoms with Crippen LogP contribution in [0.3, 0.4) is 0 Å². The number of fused-ring (bicyclic) bond motifs is 3. The molecule has 1 spiro atoms. The molecule has 2 saturated carbocycles. The average Bonchev–Trinajstić information content (AvgIpc) is 3.12. The van der Waals surface area contributed by atoms with Crippen molar-refractivity contribution in [3.63, 3.8) is 0 Å². The summed E-state index contributed by atoms with van der Waals surface area (Å²) in [5.74, 6) is -1.46. The minimum absolute atomic E-state index is 0.0710. The summed E-state index contributed by atoms with van der Waals surface area (Å²) in [7, 11) is 1.51. The Morgan fingerprint density at radius 2 is 1.63 bits per heavy atom. The van der Waals surface area contributed by atoms with E-state index < -0.39 is 23.6 Å². The van der Waals surface area contributed by atoms with Gasteiger partial charge >= 0.3 is 12.1 Å². The van der Waals surface area contributed by atoms with Crippen molar-refractivity contribution >= 4 is 18.0 Å². The number of alkyl carbamates (subject to hydrolysis) is 1. The number of rotatable bonds is 7. The fourth-order valence-electron chi connectivity index (χ4n) is 6.48. The van der Waals surface area contributed by atoms with E-state index in [1.165, 1.54) is 11.9 Å². The Hall–Kier alpha value is -3.35. The van der Waals surface area contributed by atoms with Gasteiger partial charge < -0.3 is 20.1 Å². The molecule has 35 heavy (non-hydrogen) atoms. The lowest BCUT2D eigenvalue weighted by Crippen LogP contribution is -2.71. The summed E-state index contributed by atoms with van der Waals surface area (Å²) in [5.41, 5.74) is 3.51. The van der Waals surface area contributed by atoms with Crippen LogP contribution in [0.2, 0.25) is 0 Å². The van der Waals surface area contributed by atoms with Gasteiger partial charge in [0.15, 0.2) is 0 Å². The number of carbonyl (C=O) groups is 3. The van der Waals surface area contributed by atoms with Gasteiger partial charge in [-0.1, -0.05) is 61.9 Å². The van der Waals surface area contributed by atoms with Gasteiger partial charge in [0.2, 0.25) is 5.91 Å². The van der Waals surface area contributed by atoms with Crippen molar-refractivity contribution in [1.82, 2.24) is 10.2 Å². The number of likely N-dealkylation sites (N-methyl/N-ethyl adjacent to an activating group) is 1. The van der Waals surface area contributed by atoms with Crippen LogP contribution in [0, 0.1) is 5.41 Å². The first-order chi connectivity index (χ1) is 16.8. The molecule has 2 aromatic carbocycles. The Morgan fingerprint density at radius 1 is 1.06 bits per heavy atom. The third-order valence-corrected chi connectivity index (χ3v) is 8.32. The van der Waals surface area contributed by atoms with Gasteiger partial charge in [0.25, 0.3) is 0 Å². The van der Waals surface area contributed by atoms with Crippen LogP contribution in [-0.4, -0.2) is 53.2 Å². The predicted octanol–water partition coefficient (Wildman–Crippen LogP) is 4.55. The molecule has 184 valence electrons. The number of benzene rings is 2. The average molecular weight is 477 g/mol. The Balaban J connectivity index is 1.31. The van der Waals surface area contributed by atoms with Gasteiger partial charge in [0.05, 0.1) is 0 Å². The largest absolute Gasteiger partial charge is 0.480 e. The van der Waals surface area contributed by atoms with Crippen LogP contribution in [0.1, 0.15) is 62.5 Å². The van der Waals surface area contributed by atoms with Gasteiger partial charge in [0.1, 0.15) is 18.2 Å². The van der Waals surface area contributed by atoms with Gasteiger partial charge in [0, 0.05) is 13.0 Å². The van der Waals surface area contributed by atoms with Crippen molar-refractivity contribution in [2.45, 2.75) is 62.9 Å². The van der Waals surface area contributed by atoms with E-state index in [-0.39, 0.29) is 23.8 Å². The first kappa shape index (κ1) is 23.4. The highest BCUT2D eigenvalue weighted by molar-refractivity contribution is 5.94. The van der Waals surface area contributed by atoms with Crippen LogP contribution in [0.4, 0.5) is 4.79 Å². The molecule has 3 aliphatic rings. The molecule has 0 saturated heterocycles. The fourth-order valence-corrected chi connectivity index (χ4v) is 6.48. The number of aliphatic carboxylic acids is 1. The number of amides is 2. The summed E-state index contributed by atoms with van der Waals surface area (Å²) < 4.78 is 5.72. The molecule has 0 aliphatic heterocycles. The monoisotopic (exact) mass is 476 g/mol. The molecule has 2 aromatic rings. The first-order valence-corrected chi connectivity index (χ1v) is 12.4. The second kappa shape index (κ2) is 8.70. The summed E-state index contributed by atoms with van der Waals surface area (Å²) in [6.45, 7) is 1.90. The molecule has 5 rings (SSSR count). The molecule has 7 heteroatoms. The zero-order chi connectivity index (χ0) is 24.8. The molecular weight excluding hydrogens is 444 g/mol. The number of carboxylic acids is 1. The molecule has 0 radical (unpaired) electrons. The van der Waals surface area contributed by atoms with Crippen LogP contribution >= 0.6 is 0 Å². The van der Waals surface area contributed by atoms with Crippen LogP contribution in [0.25, 0.3) is 11.1 Å². The standard InChI is InChI=1S/C28H32N2O5/c1-3-23(24(31)32)30(2)25(33)28(16-27(17-28)13-8-14-27)29-26(34)35-15-22-20-11-6-4-9-18(20)19-10-5-7-12-21(19)22/h4-7,9-12,22-23H,3,8,13-17H2,1-2H3,(H,29,34)(H,31,32). The van der Waals surface area contributed by atoms with Crippen molar-refractivity contribution in [2.75, 3.05) is 13.7 Å². The number of carbonyl (C=O) groups excluding carboxylic acids is 2. The van der Waals surface area contributed by atoms with Crippen molar-refractivity contribution < 1.29 is 24.2 Å². The van der Waals surface area contributed by atoms with Crippen LogP contribution in [0.5, 0.6) is 0 Å². The van der Waals surface area contributed by atoms with E-state index in [0.717, 1.165) is 41.5 Å². The molecule has 2 N–H and O–H groups in total.